The molecule has 15 heavy (non-hydrogen) atoms. The zero-order valence-electron chi connectivity index (χ0n) is 9.68. The lowest BCUT2D eigenvalue weighted by Crippen LogP contribution is -2.34. The smallest absolute Gasteiger partial charge is 0.220 e. The van der Waals surface area contributed by atoms with Crippen LogP contribution in [0.15, 0.2) is 0 Å². The van der Waals surface area contributed by atoms with E-state index in [2.05, 4.69) is 19.2 Å². The molecule has 3 nitrogen and oxygen atoms in total. The lowest BCUT2D eigenvalue weighted by molar-refractivity contribution is -0.121. The Morgan fingerprint density at radius 2 is 2.07 bits per heavy atom. The summed E-state index contributed by atoms with van der Waals surface area (Å²) in [6, 6.07) is 0. The van der Waals surface area contributed by atoms with Crippen LogP contribution < -0.4 is 5.32 Å². The van der Waals surface area contributed by atoms with Crippen LogP contribution in [0.2, 0.25) is 0 Å². The number of hydrogen-bond acceptors (Lipinski definition) is 2. The molecule has 90 valence electrons. The average molecular weight is 236 g/mol. The highest BCUT2D eigenvalue weighted by Gasteiger charge is 2.17. The van der Waals surface area contributed by atoms with Crippen molar-refractivity contribution < 1.29 is 9.90 Å². The van der Waals surface area contributed by atoms with Gasteiger partial charge in [0.25, 0.3) is 0 Å². The zero-order valence-corrected chi connectivity index (χ0v) is 10.4. The predicted molar refractivity (Wildman–Crippen MR) is 63.1 cm³/mol. The van der Waals surface area contributed by atoms with Crippen LogP contribution in [0.1, 0.15) is 39.5 Å². The number of carbonyl (C=O) groups excluding carboxylic acids is 1. The molecule has 0 aromatic heterocycles. The fourth-order valence-electron chi connectivity index (χ4n) is 1.30. The summed E-state index contributed by atoms with van der Waals surface area (Å²) < 4.78 is 0. The van der Waals surface area contributed by atoms with E-state index < -0.39 is 0 Å². The summed E-state index contributed by atoms with van der Waals surface area (Å²) in [4.78, 5) is 11.3. The van der Waals surface area contributed by atoms with Crippen molar-refractivity contribution in [3.63, 3.8) is 0 Å². The van der Waals surface area contributed by atoms with E-state index in [1.807, 2.05) is 0 Å². The molecule has 0 heterocycles. The van der Waals surface area contributed by atoms with E-state index in [0.29, 0.717) is 18.8 Å². The molecule has 2 N–H and O–H groups in total. The molecule has 0 spiro atoms. The van der Waals surface area contributed by atoms with E-state index in [1.54, 1.807) is 0 Å². The number of carbonyl (C=O) groups is 1. The summed E-state index contributed by atoms with van der Waals surface area (Å²) >= 11 is 5.50. The maximum Gasteiger partial charge on any atom is 0.220 e. The second-order valence-corrected chi connectivity index (χ2v) is 4.94. The molecular weight excluding hydrogens is 214 g/mol. The molecule has 0 saturated heterocycles. The number of nitrogens with one attached hydrogen (secondary N) is 1. The van der Waals surface area contributed by atoms with Crippen molar-refractivity contribution in [2.45, 2.75) is 39.5 Å². The van der Waals surface area contributed by atoms with Crippen LogP contribution in [0.25, 0.3) is 0 Å². The Labute approximate surface area is 97.2 Å². The Balaban J connectivity index is 3.67. The second-order valence-electron chi connectivity index (χ2n) is 4.56. The fraction of sp³-hybridized carbons (Fsp3) is 0.909. The van der Waals surface area contributed by atoms with Gasteiger partial charge in [-0.05, 0) is 24.7 Å². The summed E-state index contributed by atoms with van der Waals surface area (Å²) in [6.07, 6.45) is 2.92. The maximum atomic E-state index is 11.3. The molecule has 1 amide bonds. The lowest BCUT2D eigenvalue weighted by Gasteiger charge is -2.24. The van der Waals surface area contributed by atoms with Crippen LogP contribution in [0.5, 0.6) is 0 Å². The number of aliphatic hydroxyl groups excluding tert-OH is 1. The molecule has 4 heteroatoms. The molecule has 0 saturated carbocycles. The Morgan fingerprint density at radius 1 is 1.40 bits per heavy atom. The van der Waals surface area contributed by atoms with Crippen molar-refractivity contribution in [2.75, 3.05) is 19.0 Å². The number of amides is 1. The molecule has 0 rings (SSSR count). The molecule has 0 unspecified atom stereocenters. The Kier molecular flexibility index (Phi) is 7.79. The molecule has 0 atom stereocenters. The van der Waals surface area contributed by atoms with Gasteiger partial charge in [0, 0.05) is 25.5 Å². The van der Waals surface area contributed by atoms with E-state index in [1.165, 1.54) is 0 Å². The van der Waals surface area contributed by atoms with E-state index in [-0.39, 0.29) is 17.9 Å². The normalized spacial score (nSPS) is 11.5. The van der Waals surface area contributed by atoms with Crippen LogP contribution in [-0.2, 0) is 4.79 Å². The first-order valence-corrected chi connectivity index (χ1v) is 5.99. The molecule has 0 fully saturated rings. The predicted octanol–water partition coefficient (Wildman–Crippen LogP) is 1.92. The van der Waals surface area contributed by atoms with Gasteiger partial charge >= 0.3 is 0 Å². The van der Waals surface area contributed by atoms with E-state index >= 15 is 0 Å². The molecule has 0 radical (unpaired) electrons. The van der Waals surface area contributed by atoms with Crippen molar-refractivity contribution in [3.8, 4) is 0 Å². The zero-order chi connectivity index (χ0) is 11.7. The Bertz CT molecular complexity index is 183. The van der Waals surface area contributed by atoms with Gasteiger partial charge in [-0.15, -0.1) is 11.6 Å². The molecule has 0 aliphatic heterocycles. The number of halogens is 1. The highest BCUT2D eigenvalue weighted by atomic mass is 35.5. The highest BCUT2D eigenvalue weighted by molar-refractivity contribution is 6.17. The minimum Gasteiger partial charge on any atom is -0.396 e. The van der Waals surface area contributed by atoms with Crippen molar-refractivity contribution in [2.24, 2.45) is 5.41 Å². The van der Waals surface area contributed by atoms with Crippen LogP contribution in [0, 0.1) is 5.41 Å². The van der Waals surface area contributed by atoms with Crippen molar-refractivity contribution in [1.82, 2.24) is 5.32 Å². The average Bonchev–Trinajstić information content (AvgIpc) is 2.21. The standard InChI is InChI=1S/C11H22ClNO2/c1-11(2,6-4-8-14)9-13-10(15)5-3-7-12/h14H,3-9H2,1-2H3,(H,13,15). The molecule has 0 aromatic carbocycles. The second kappa shape index (κ2) is 7.94. The van der Waals surface area contributed by atoms with Crippen LogP contribution in [0.3, 0.4) is 0 Å². The molecule has 0 aliphatic rings. The third kappa shape index (κ3) is 8.70. The van der Waals surface area contributed by atoms with Crippen LogP contribution in [0.4, 0.5) is 0 Å². The monoisotopic (exact) mass is 235 g/mol. The van der Waals surface area contributed by atoms with Gasteiger partial charge < -0.3 is 10.4 Å². The van der Waals surface area contributed by atoms with Gasteiger partial charge in [0.1, 0.15) is 0 Å². The topological polar surface area (TPSA) is 49.3 Å². The van der Waals surface area contributed by atoms with Gasteiger partial charge in [-0.25, -0.2) is 0 Å². The quantitative estimate of drug-likeness (QED) is 0.632. The van der Waals surface area contributed by atoms with Crippen LogP contribution >= 0.6 is 11.6 Å². The Morgan fingerprint density at radius 3 is 2.60 bits per heavy atom. The minimum atomic E-state index is 0.0549. The van der Waals surface area contributed by atoms with Crippen LogP contribution in [-0.4, -0.2) is 30.0 Å². The summed E-state index contributed by atoms with van der Waals surface area (Å²) in [5.41, 5.74) is 0.0549. The van der Waals surface area contributed by atoms with Gasteiger partial charge in [0.2, 0.25) is 5.91 Å². The van der Waals surface area contributed by atoms with E-state index in [9.17, 15) is 4.79 Å². The number of rotatable bonds is 8. The fourth-order valence-corrected chi connectivity index (χ4v) is 1.43. The molecule has 0 aliphatic carbocycles. The Hall–Kier alpha value is -0.280. The molecule has 0 bridgehead atoms. The summed E-state index contributed by atoms with van der Waals surface area (Å²) in [7, 11) is 0. The van der Waals surface area contributed by atoms with E-state index in [0.717, 1.165) is 19.3 Å². The highest BCUT2D eigenvalue weighted by Crippen LogP contribution is 2.20. The van der Waals surface area contributed by atoms with E-state index in [4.69, 9.17) is 16.7 Å². The van der Waals surface area contributed by atoms with Gasteiger partial charge in [0.15, 0.2) is 0 Å². The SMILES string of the molecule is CC(C)(CCCO)CNC(=O)CCCCl. The first-order chi connectivity index (χ1) is 7.02. The third-order valence-corrected chi connectivity index (χ3v) is 2.58. The summed E-state index contributed by atoms with van der Waals surface area (Å²) in [5, 5.41) is 11.6. The summed E-state index contributed by atoms with van der Waals surface area (Å²) in [5.74, 6) is 0.592. The van der Waals surface area contributed by atoms with Gasteiger partial charge in [0.05, 0.1) is 0 Å². The molecular formula is C11H22ClNO2. The van der Waals surface area contributed by atoms with Gasteiger partial charge in [-0.1, -0.05) is 13.8 Å². The van der Waals surface area contributed by atoms with Gasteiger partial charge in [-0.2, -0.15) is 0 Å². The number of hydrogen-bond donors (Lipinski definition) is 2. The maximum absolute atomic E-state index is 11.3. The first kappa shape index (κ1) is 14.7. The number of aliphatic hydroxyl groups is 1. The molecule has 0 aromatic rings. The largest absolute Gasteiger partial charge is 0.396 e. The summed E-state index contributed by atoms with van der Waals surface area (Å²) in [6.45, 7) is 5.05. The van der Waals surface area contributed by atoms with Gasteiger partial charge in [-0.3, -0.25) is 4.79 Å². The van der Waals surface area contributed by atoms with Crippen molar-refractivity contribution in [3.05, 3.63) is 0 Å². The lowest BCUT2D eigenvalue weighted by atomic mass is 9.88. The number of alkyl halides is 1. The van der Waals surface area contributed by atoms with Crippen molar-refractivity contribution in [1.29, 1.82) is 0 Å². The first-order valence-electron chi connectivity index (χ1n) is 5.45. The third-order valence-electron chi connectivity index (χ3n) is 2.31. The minimum absolute atomic E-state index is 0.0549. The van der Waals surface area contributed by atoms with Crippen molar-refractivity contribution >= 4 is 17.5 Å².